The third kappa shape index (κ3) is 3.88. The Labute approximate surface area is 141 Å². The van der Waals surface area contributed by atoms with Crippen LogP contribution in [0.5, 0.6) is 5.75 Å². The second-order valence-electron chi connectivity index (χ2n) is 5.60. The fraction of sp³-hybridized carbons (Fsp3) is 0.263. The first-order chi connectivity index (χ1) is 11.8. The molecule has 3 aromatic rings. The Hall–Kier alpha value is -2.50. The lowest BCUT2D eigenvalue weighted by Crippen LogP contribution is -2.43. The van der Waals surface area contributed by atoms with Gasteiger partial charge in [-0.25, -0.2) is 0 Å². The van der Waals surface area contributed by atoms with Gasteiger partial charge < -0.3 is 14.6 Å². The van der Waals surface area contributed by atoms with Crippen LogP contribution in [0.2, 0.25) is 0 Å². The number of benzene rings is 1. The van der Waals surface area contributed by atoms with Gasteiger partial charge in [-0.15, -0.1) is 0 Å². The second-order valence-corrected chi connectivity index (χ2v) is 5.60. The Kier molecular flexibility index (Phi) is 5.36. The number of ether oxygens (including phenoxy) is 2. The number of aliphatic hydroxyl groups is 1. The minimum atomic E-state index is -0.132. The van der Waals surface area contributed by atoms with E-state index in [9.17, 15) is 5.11 Å². The average Bonchev–Trinajstić information content (AvgIpc) is 2.65. The number of aliphatic hydroxyl groups excluding tert-OH is 1. The molecule has 0 spiro atoms. The Bertz CT molecular complexity index is 790. The highest BCUT2D eigenvalue weighted by Gasteiger charge is 2.18. The molecule has 2 heterocycles. The van der Waals surface area contributed by atoms with E-state index in [0.717, 1.165) is 22.1 Å². The van der Waals surface area contributed by atoms with Crippen LogP contribution in [0.4, 0.5) is 0 Å². The fourth-order valence-electron chi connectivity index (χ4n) is 2.54. The zero-order valence-corrected chi connectivity index (χ0v) is 13.6. The topological polar surface area (TPSA) is 55.5 Å². The van der Waals surface area contributed by atoms with Gasteiger partial charge in [0.15, 0.2) is 12.4 Å². The standard InChI is InChI=1S/C19H21N2O3/c1-23-19-4-2-15(3-5-19)13-24-14-18(12-22)21-9-7-16-6-8-20-10-17(16)11-21/h2-11,18,22H,12-14H2,1H3/q+1/t18-/m1/s1. The number of nitrogens with zero attached hydrogens (tertiary/aromatic N) is 2. The summed E-state index contributed by atoms with van der Waals surface area (Å²) in [5.74, 6) is 0.826. The molecule has 5 heteroatoms. The molecule has 0 unspecified atom stereocenters. The van der Waals surface area contributed by atoms with Gasteiger partial charge in [-0.3, -0.25) is 4.98 Å². The highest BCUT2D eigenvalue weighted by atomic mass is 16.5. The van der Waals surface area contributed by atoms with Gasteiger partial charge in [-0.1, -0.05) is 12.1 Å². The molecule has 0 radical (unpaired) electrons. The predicted molar refractivity (Wildman–Crippen MR) is 90.7 cm³/mol. The van der Waals surface area contributed by atoms with Crippen LogP contribution in [0, 0.1) is 0 Å². The van der Waals surface area contributed by atoms with Crippen molar-refractivity contribution in [2.75, 3.05) is 20.3 Å². The molecule has 0 fully saturated rings. The SMILES string of the molecule is COc1ccc(COC[C@@H](CO)[n+]2ccc3ccncc3c2)cc1. The van der Waals surface area contributed by atoms with Crippen molar-refractivity contribution in [3.63, 3.8) is 0 Å². The number of pyridine rings is 2. The average molecular weight is 325 g/mol. The van der Waals surface area contributed by atoms with Crippen LogP contribution in [-0.4, -0.2) is 30.4 Å². The van der Waals surface area contributed by atoms with Crippen LogP contribution in [0.3, 0.4) is 0 Å². The Balaban J connectivity index is 1.62. The molecule has 0 amide bonds. The minimum absolute atomic E-state index is 0.0129. The molecule has 0 saturated heterocycles. The molecule has 1 atom stereocenters. The van der Waals surface area contributed by atoms with E-state index in [1.807, 2.05) is 59.6 Å². The monoisotopic (exact) mass is 325 g/mol. The van der Waals surface area contributed by atoms with E-state index < -0.39 is 0 Å². The molecular weight excluding hydrogens is 304 g/mol. The first kappa shape index (κ1) is 16.4. The maximum Gasteiger partial charge on any atom is 0.204 e. The molecule has 0 bridgehead atoms. The summed E-state index contributed by atoms with van der Waals surface area (Å²) in [6, 6.07) is 11.6. The van der Waals surface area contributed by atoms with Crippen molar-refractivity contribution in [2.24, 2.45) is 0 Å². The molecule has 0 aliphatic carbocycles. The summed E-state index contributed by atoms with van der Waals surface area (Å²) in [6.07, 6.45) is 7.53. The number of aromatic nitrogens is 2. The summed E-state index contributed by atoms with van der Waals surface area (Å²) in [5.41, 5.74) is 1.07. The minimum Gasteiger partial charge on any atom is -0.497 e. The number of hydrogen-bond acceptors (Lipinski definition) is 4. The van der Waals surface area contributed by atoms with Crippen LogP contribution in [0.1, 0.15) is 11.6 Å². The van der Waals surface area contributed by atoms with Gasteiger partial charge in [0.2, 0.25) is 6.04 Å². The molecule has 124 valence electrons. The lowest BCUT2D eigenvalue weighted by molar-refractivity contribution is -0.725. The van der Waals surface area contributed by atoms with E-state index in [1.54, 1.807) is 13.3 Å². The lowest BCUT2D eigenvalue weighted by atomic mass is 10.2. The molecule has 5 nitrogen and oxygen atoms in total. The van der Waals surface area contributed by atoms with Crippen LogP contribution in [-0.2, 0) is 11.3 Å². The quantitative estimate of drug-likeness (QED) is 0.677. The van der Waals surface area contributed by atoms with Gasteiger partial charge in [0, 0.05) is 18.5 Å². The molecular formula is C19H21N2O3+. The van der Waals surface area contributed by atoms with E-state index in [0.29, 0.717) is 13.2 Å². The number of rotatable bonds is 7. The smallest absolute Gasteiger partial charge is 0.204 e. The van der Waals surface area contributed by atoms with Gasteiger partial charge in [-0.05, 0) is 29.1 Å². The predicted octanol–water partition coefficient (Wildman–Crippen LogP) is 2.28. The van der Waals surface area contributed by atoms with Crippen molar-refractivity contribution >= 4 is 10.8 Å². The second kappa shape index (κ2) is 7.86. The van der Waals surface area contributed by atoms with Gasteiger partial charge >= 0.3 is 0 Å². The summed E-state index contributed by atoms with van der Waals surface area (Å²) >= 11 is 0. The Morgan fingerprint density at radius 2 is 1.96 bits per heavy atom. The van der Waals surface area contributed by atoms with Crippen LogP contribution in [0.25, 0.3) is 10.8 Å². The number of methoxy groups -OCH3 is 1. The Morgan fingerprint density at radius 3 is 2.71 bits per heavy atom. The normalized spacial score (nSPS) is 12.2. The van der Waals surface area contributed by atoms with E-state index in [1.165, 1.54) is 0 Å². The maximum atomic E-state index is 9.68. The van der Waals surface area contributed by atoms with Gasteiger partial charge in [-0.2, -0.15) is 4.57 Å². The summed E-state index contributed by atoms with van der Waals surface area (Å²) in [6.45, 7) is 0.939. The van der Waals surface area contributed by atoms with E-state index in [-0.39, 0.29) is 12.6 Å². The largest absolute Gasteiger partial charge is 0.497 e. The third-order valence-corrected chi connectivity index (χ3v) is 3.97. The molecule has 0 aliphatic rings. The van der Waals surface area contributed by atoms with Crippen molar-refractivity contribution in [3.05, 3.63) is 66.7 Å². The molecule has 0 aliphatic heterocycles. The summed E-state index contributed by atoms with van der Waals surface area (Å²) in [5, 5.41) is 11.8. The third-order valence-electron chi connectivity index (χ3n) is 3.97. The fourth-order valence-corrected chi connectivity index (χ4v) is 2.54. The summed E-state index contributed by atoms with van der Waals surface area (Å²) in [4.78, 5) is 4.14. The molecule has 24 heavy (non-hydrogen) atoms. The van der Waals surface area contributed by atoms with Crippen molar-refractivity contribution in [2.45, 2.75) is 12.6 Å². The molecule has 1 N–H and O–H groups in total. The highest BCUT2D eigenvalue weighted by molar-refractivity contribution is 5.79. The van der Waals surface area contributed by atoms with Crippen molar-refractivity contribution in [3.8, 4) is 5.75 Å². The maximum absolute atomic E-state index is 9.68. The first-order valence-corrected chi connectivity index (χ1v) is 7.86. The summed E-state index contributed by atoms with van der Waals surface area (Å²) < 4.78 is 12.9. The van der Waals surface area contributed by atoms with E-state index in [4.69, 9.17) is 9.47 Å². The van der Waals surface area contributed by atoms with Gasteiger partial charge in [0.25, 0.3) is 0 Å². The van der Waals surface area contributed by atoms with Crippen LogP contribution >= 0.6 is 0 Å². The highest BCUT2D eigenvalue weighted by Crippen LogP contribution is 2.13. The summed E-state index contributed by atoms with van der Waals surface area (Å²) in [7, 11) is 1.65. The molecule has 3 rings (SSSR count). The van der Waals surface area contributed by atoms with Gasteiger partial charge in [0.05, 0.1) is 19.1 Å². The Morgan fingerprint density at radius 1 is 1.12 bits per heavy atom. The first-order valence-electron chi connectivity index (χ1n) is 7.86. The molecule has 1 aromatic carbocycles. The molecule has 2 aromatic heterocycles. The molecule has 0 saturated carbocycles. The van der Waals surface area contributed by atoms with Crippen molar-refractivity contribution in [1.82, 2.24) is 4.98 Å². The van der Waals surface area contributed by atoms with Crippen LogP contribution in [0.15, 0.2) is 61.2 Å². The van der Waals surface area contributed by atoms with E-state index in [2.05, 4.69) is 4.98 Å². The van der Waals surface area contributed by atoms with E-state index >= 15 is 0 Å². The number of fused-ring (bicyclic) bond motifs is 1. The zero-order chi connectivity index (χ0) is 16.8. The van der Waals surface area contributed by atoms with Gasteiger partial charge in [0.1, 0.15) is 19.0 Å². The lowest BCUT2D eigenvalue weighted by Gasteiger charge is -2.11. The number of hydrogen-bond donors (Lipinski definition) is 1. The van der Waals surface area contributed by atoms with Crippen molar-refractivity contribution < 1.29 is 19.1 Å². The zero-order valence-electron chi connectivity index (χ0n) is 13.6. The van der Waals surface area contributed by atoms with Crippen molar-refractivity contribution in [1.29, 1.82) is 0 Å². The van der Waals surface area contributed by atoms with Crippen LogP contribution < -0.4 is 9.30 Å².